The molecule has 0 saturated carbocycles. The van der Waals surface area contributed by atoms with Crippen molar-refractivity contribution in [3.05, 3.63) is 78.1 Å². The van der Waals surface area contributed by atoms with Crippen LogP contribution in [0.25, 0.3) is 33.4 Å². The quantitative estimate of drug-likeness (QED) is 0.171. The van der Waals surface area contributed by atoms with E-state index in [1.165, 1.54) is 18.9 Å². The molecule has 13 heteroatoms. The van der Waals surface area contributed by atoms with Gasteiger partial charge in [-0.1, -0.05) is 35.9 Å². The number of anilines is 1. The Morgan fingerprint density at radius 1 is 1.12 bits per heavy atom. The molecule has 0 radical (unpaired) electrons. The molecule has 254 valence electrons. The highest BCUT2D eigenvalue weighted by Gasteiger charge is 2.45. The lowest BCUT2D eigenvalue weighted by atomic mass is 9.95. The monoisotopic (exact) mass is 689 g/mol. The van der Waals surface area contributed by atoms with Crippen molar-refractivity contribution in [2.24, 2.45) is 7.05 Å². The summed E-state index contributed by atoms with van der Waals surface area (Å²) in [5, 5.41) is 17.5. The predicted octanol–water partition coefficient (Wildman–Crippen LogP) is 4.49. The van der Waals surface area contributed by atoms with Crippen LogP contribution in [0, 0.1) is 11.3 Å². The van der Waals surface area contributed by atoms with Gasteiger partial charge in [0.25, 0.3) is 0 Å². The first-order chi connectivity index (χ1) is 24.4. The van der Waals surface area contributed by atoms with Gasteiger partial charge in [0.15, 0.2) is 12.0 Å². The van der Waals surface area contributed by atoms with E-state index in [2.05, 4.69) is 44.2 Å². The first-order valence-corrected chi connectivity index (χ1v) is 17.5. The summed E-state index contributed by atoms with van der Waals surface area (Å²) in [6, 6.07) is 16.4. The third kappa shape index (κ3) is 6.01. The number of nitriles is 1. The van der Waals surface area contributed by atoms with Gasteiger partial charge in [-0.05, 0) is 56.3 Å². The fourth-order valence-corrected chi connectivity index (χ4v) is 8.22. The summed E-state index contributed by atoms with van der Waals surface area (Å²) in [5.41, 5.74) is 1.71. The summed E-state index contributed by atoms with van der Waals surface area (Å²) in [6.07, 6.45) is 13.5. The van der Waals surface area contributed by atoms with Crippen LogP contribution in [0.4, 0.5) is 5.82 Å². The Kier molecular flexibility index (Phi) is 8.54. The normalized spacial score (nSPS) is 19.0. The van der Waals surface area contributed by atoms with E-state index in [-0.39, 0.29) is 23.9 Å². The molecule has 5 aromatic rings. The summed E-state index contributed by atoms with van der Waals surface area (Å²) >= 11 is 6.72. The van der Waals surface area contributed by atoms with Crippen LogP contribution in [0.3, 0.4) is 0 Å². The number of carbonyl (C=O) groups is 1. The predicted molar refractivity (Wildman–Crippen MR) is 190 cm³/mol. The maximum atomic E-state index is 13.4. The number of carbonyl (C=O) groups excluding carboxylic acids is 1. The maximum absolute atomic E-state index is 13.4. The van der Waals surface area contributed by atoms with Crippen LogP contribution in [0.2, 0.25) is 5.02 Å². The highest BCUT2D eigenvalue weighted by atomic mass is 35.5. The van der Waals surface area contributed by atoms with Crippen molar-refractivity contribution in [3.63, 3.8) is 0 Å². The van der Waals surface area contributed by atoms with E-state index >= 15 is 0 Å². The topological polar surface area (TPSA) is 120 Å². The van der Waals surface area contributed by atoms with Gasteiger partial charge in [-0.15, -0.1) is 0 Å². The number of ether oxygens (including phenoxy) is 1. The molecular formula is C37H38ClN10O2+. The van der Waals surface area contributed by atoms with Crippen molar-refractivity contribution in [2.75, 3.05) is 44.2 Å². The largest absolute Gasteiger partial charge is 0.461 e. The third-order valence-corrected chi connectivity index (χ3v) is 10.7. The molecule has 1 amide bonds. The summed E-state index contributed by atoms with van der Waals surface area (Å²) in [7, 11) is 1.78. The average molecular weight is 690 g/mol. The zero-order valence-corrected chi connectivity index (χ0v) is 28.7. The molecule has 12 nitrogen and oxygen atoms in total. The van der Waals surface area contributed by atoms with Gasteiger partial charge in [-0.3, -0.25) is 14.4 Å². The van der Waals surface area contributed by atoms with Crippen molar-refractivity contribution in [3.8, 4) is 17.8 Å². The summed E-state index contributed by atoms with van der Waals surface area (Å²) in [6.45, 7) is 4.15. The van der Waals surface area contributed by atoms with Crippen molar-refractivity contribution in [1.82, 2.24) is 34.5 Å². The zero-order valence-electron chi connectivity index (χ0n) is 28.0. The minimum absolute atomic E-state index is 0.0387. The number of pyridine rings is 1. The average Bonchev–Trinajstić information content (AvgIpc) is 3.85. The Labute approximate surface area is 295 Å². The van der Waals surface area contributed by atoms with Crippen molar-refractivity contribution in [2.45, 2.75) is 43.7 Å². The molecule has 8 rings (SSSR count). The van der Waals surface area contributed by atoms with Gasteiger partial charge in [-0.25, -0.2) is 4.98 Å². The minimum Gasteiger partial charge on any atom is -0.461 e. The number of fused-ring (bicyclic) bond motifs is 3. The van der Waals surface area contributed by atoms with Crippen LogP contribution in [0.1, 0.15) is 37.9 Å². The van der Waals surface area contributed by atoms with Crippen molar-refractivity contribution < 1.29 is 14.1 Å². The van der Waals surface area contributed by atoms with Gasteiger partial charge in [-0.2, -0.15) is 24.9 Å². The fraction of sp³-hybridized carbons (Fsp3) is 0.378. The smallest absolute Gasteiger partial charge is 0.319 e. The minimum atomic E-state index is -0.340. The van der Waals surface area contributed by atoms with Gasteiger partial charge in [0, 0.05) is 44.9 Å². The fourth-order valence-electron chi connectivity index (χ4n) is 7.94. The van der Waals surface area contributed by atoms with Crippen LogP contribution in [0.15, 0.2) is 67.3 Å². The van der Waals surface area contributed by atoms with Crippen molar-refractivity contribution in [1.29, 1.82) is 5.26 Å². The molecule has 3 aliphatic rings. The Morgan fingerprint density at radius 3 is 2.72 bits per heavy atom. The zero-order chi connectivity index (χ0) is 34.2. The van der Waals surface area contributed by atoms with Crippen LogP contribution in [0.5, 0.6) is 6.01 Å². The van der Waals surface area contributed by atoms with E-state index in [0.717, 1.165) is 59.1 Å². The molecule has 3 aromatic heterocycles. The number of hydrogen-bond acceptors (Lipinski definition) is 9. The van der Waals surface area contributed by atoms with Crippen LogP contribution < -0.4 is 14.2 Å². The van der Waals surface area contributed by atoms with Crippen LogP contribution in [-0.4, -0.2) is 91.4 Å². The lowest BCUT2D eigenvalue weighted by Crippen LogP contribution is -2.55. The van der Waals surface area contributed by atoms with Gasteiger partial charge in [0.05, 0.1) is 39.9 Å². The second-order valence-corrected chi connectivity index (χ2v) is 13.8. The second-order valence-electron chi connectivity index (χ2n) is 13.4. The number of rotatable bonds is 8. The Balaban J connectivity index is 1.14. The summed E-state index contributed by atoms with van der Waals surface area (Å²) in [5.74, 6) is 1.00. The number of aromatic nitrogens is 6. The molecule has 0 bridgehead atoms. The number of piperazine rings is 1. The Hall–Kier alpha value is -5.12. The lowest BCUT2D eigenvalue weighted by molar-refractivity contribution is -0.592. The van der Waals surface area contributed by atoms with Crippen LogP contribution >= 0.6 is 11.6 Å². The van der Waals surface area contributed by atoms with E-state index < -0.39 is 0 Å². The standard InChI is InChI=1S/C37H38ClN10O2/c1-44-25-40-32(43-44)10-11-33(49)48-21-20-46(22-27(48)12-16-39)35-28-13-19-45(31-9-3-7-26-6-2-8-29(38)34(26)31)23-30(28)41-36(42-35)50-24-37-14-4-17-47(37)18-5-15-37/h2-3,6-11,13,19,23,25,27H,4-5,12,14-15,17-18,20-22,24H2,1H3/q+1/b11-10+/t27-/m0/s1. The molecule has 6 heterocycles. The summed E-state index contributed by atoms with van der Waals surface area (Å²) in [4.78, 5) is 34.0. The molecule has 1 atom stereocenters. The first kappa shape index (κ1) is 32.1. The molecule has 0 unspecified atom stereocenters. The highest BCUT2D eigenvalue weighted by molar-refractivity contribution is 6.36. The van der Waals surface area contributed by atoms with Crippen LogP contribution in [-0.2, 0) is 11.8 Å². The van der Waals surface area contributed by atoms with Gasteiger partial charge in [0.1, 0.15) is 24.3 Å². The molecule has 3 aliphatic heterocycles. The number of halogens is 1. The molecular weight excluding hydrogens is 652 g/mol. The van der Waals surface area contributed by atoms with E-state index in [9.17, 15) is 10.1 Å². The third-order valence-electron chi connectivity index (χ3n) is 10.4. The van der Waals surface area contributed by atoms with Gasteiger partial charge < -0.3 is 14.5 Å². The number of amides is 1. The van der Waals surface area contributed by atoms with E-state index in [1.54, 1.807) is 29.0 Å². The molecule has 0 N–H and O–H groups in total. The van der Waals surface area contributed by atoms with E-state index in [1.807, 2.05) is 41.2 Å². The van der Waals surface area contributed by atoms with Gasteiger partial charge in [0.2, 0.25) is 17.8 Å². The number of hydrogen-bond donors (Lipinski definition) is 0. The van der Waals surface area contributed by atoms with E-state index in [4.69, 9.17) is 26.3 Å². The lowest BCUT2D eigenvalue weighted by Gasteiger charge is -2.41. The molecule has 0 spiro atoms. The second kappa shape index (κ2) is 13.3. The Morgan fingerprint density at radius 2 is 1.94 bits per heavy atom. The Bertz CT molecular complexity index is 2140. The molecule has 3 saturated heterocycles. The van der Waals surface area contributed by atoms with Gasteiger partial charge >= 0.3 is 6.01 Å². The number of benzene rings is 2. The number of aryl methyl sites for hydroxylation is 1. The highest BCUT2D eigenvalue weighted by Crippen LogP contribution is 2.39. The van der Waals surface area contributed by atoms with Crippen molar-refractivity contribution >= 4 is 51.1 Å². The molecule has 0 aliphatic carbocycles. The van der Waals surface area contributed by atoms with E-state index in [0.29, 0.717) is 43.1 Å². The summed E-state index contributed by atoms with van der Waals surface area (Å²) < 4.78 is 10.1. The maximum Gasteiger partial charge on any atom is 0.319 e. The first-order valence-electron chi connectivity index (χ1n) is 17.2. The molecule has 2 aromatic carbocycles. The SMILES string of the molecule is Cn1cnc(/C=C/C(=O)N2CCN(c3nc(OCC45CCCN4CCC5)nc4c[n+](-c5cccc6cccc(Cl)c56)ccc34)C[C@@H]2CC#N)n1. The molecule has 3 fully saturated rings. The number of nitrogens with zero attached hydrogens (tertiary/aromatic N) is 10. The molecule has 50 heavy (non-hydrogen) atoms.